The number of para-hydroxylation sites is 2. The Balaban J connectivity index is 1.38. The molecule has 0 radical (unpaired) electrons. The lowest BCUT2D eigenvalue weighted by molar-refractivity contribution is -0.158. The Bertz CT molecular complexity index is 1630. The third-order valence-corrected chi connectivity index (χ3v) is 8.19. The molecule has 0 spiro atoms. The average molecular weight is 556 g/mol. The molecule has 0 unspecified atom stereocenters. The van der Waals surface area contributed by atoms with Gasteiger partial charge in [-0.05, 0) is 41.8 Å². The van der Waals surface area contributed by atoms with Crippen molar-refractivity contribution in [3.05, 3.63) is 83.0 Å². The highest BCUT2D eigenvalue weighted by Gasteiger charge is 2.49. The largest absolute Gasteiger partial charge is 0.493 e. The van der Waals surface area contributed by atoms with Crippen LogP contribution in [-0.4, -0.2) is 74.2 Å². The van der Waals surface area contributed by atoms with Crippen LogP contribution in [0.1, 0.15) is 28.4 Å². The minimum Gasteiger partial charge on any atom is -0.493 e. The Labute approximate surface area is 238 Å². The summed E-state index contributed by atoms with van der Waals surface area (Å²) >= 11 is 0. The predicted octanol–water partition coefficient (Wildman–Crippen LogP) is 4.13. The van der Waals surface area contributed by atoms with Crippen LogP contribution in [-0.2, 0) is 22.4 Å². The van der Waals surface area contributed by atoms with Gasteiger partial charge in [0.25, 0.3) is 0 Å². The summed E-state index contributed by atoms with van der Waals surface area (Å²) in [5.41, 5.74) is 4.67. The molecule has 0 bridgehead atoms. The zero-order valence-electron chi connectivity index (χ0n) is 23.6. The lowest BCUT2D eigenvalue weighted by Crippen LogP contribution is -2.63. The molecule has 2 amide bonds. The molecule has 6 rings (SSSR count). The van der Waals surface area contributed by atoms with E-state index < -0.39 is 12.1 Å². The van der Waals surface area contributed by atoms with Gasteiger partial charge < -0.3 is 33.7 Å². The van der Waals surface area contributed by atoms with Gasteiger partial charge in [-0.25, -0.2) is 0 Å². The number of fused-ring (bicyclic) bond motifs is 4. The molecule has 3 aromatic carbocycles. The second-order valence-corrected chi connectivity index (χ2v) is 10.3. The molecular weight excluding hydrogens is 522 g/mol. The van der Waals surface area contributed by atoms with E-state index in [-0.39, 0.29) is 18.4 Å². The third-order valence-electron chi connectivity index (χ3n) is 8.19. The summed E-state index contributed by atoms with van der Waals surface area (Å²) in [5, 5.41) is 1.05. The van der Waals surface area contributed by atoms with Crippen molar-refractivity contribution in [2.45, 2.75) is 24.9 Å². The molecule has 2 atom stereocenters. The van der Waals surface area contributed by atoms with E-state index in [1.54, 1.807) is 38.2 Å². The van der Waals surface area contributed by atoms with E-state index in [0.29, 0.717) is 42.4 Å². The number of aromatic amines is 1. The maximum atomic E-state index is 14.1. The summed E-state index contributed by atoms with van der Waals surface area (Å²) in [4.78, 5) is 35.0. The van der Waals surface area contributed by atoms with Crippen LogP contribution in [0.25, 0.3) is 10.9 Å². The van der Waals surface area contributed by atoms with Gasteiger partial charge in [0.15, 0.2) is 23.0 Å². The molecule has 3 heterocycles. The molecule has 9 nitrogen and oxygen atoms in total. The van der Waals surface area contributed by atoms with Gasteiger partial charge in [0.05, 0.1) is 35.0 Å². The topological polar surface area (TPSA) is 93.3 Å². The zero-order valence-corrected chi connectivity index (χ0v) is 23.6. The number of piperazine rings is 1. The number of rotatable bonds is 8. The monoisotopic (exact) mass is 555 g/mol. The lowest BCUT2D eigenvalue weighted by Gasteiger charge is -2.47. The summed E-state index contributed by atoms with van der Waals surface area (Å²) in [6, 6.07) is 18.2. The Morgan fingerprint density at radius 3 is 2.39 bits per heavy atom. The molecule has 1 fully saturated rings. The van der Waals surface area contributed by atoms with Crippen LogP contribution in [0.15, 0.2) is 60.7 Å². The Hall–Kier alpha value is -4.66. The van der Waals surface area contributed by atoms with Crippen molar-refractivity contribution in [3.8, 4) is 23.0 Å². The molecule has 41 heavy (non-hydrogen) atoms. The molecule has 1 aromatic heterocycles. The Morgan fingerprint density at radius 2 is 1.63 bits per heavy atom. The quantitative estimate of drug-likeness (QED) is 0.352. The van der Waals surface area contributed by atoms with E-state index in [4.69, 9.17) is 18.9 Å². The van der Waals surface area contributed by atoms with E-state index in [9.17, 15) is 9.59 Å². The number of nitrogens with one attached hydrogen (secondary N) is 1. The molecule has 2 aliphatic heterocycles. The first-order valence-corrected chi connectivity index (χ1v) is 13.6. The molecule has 212 valence electrons. The normalized spacial score (nSPS) is 18.2. The number of hydrogen-bond donors (Lipinski definition) is 1. The highest BCUT2D eigenvalue weighted by atomic mass is 16.5. The van der Waals surface area contributed by atoms with Crippen molar-refractivity contribution in [1.29, 1.82) is 0 Å². The average Bonchev–Trinajstić information content (AvgIpc) is 3.38. The van der Waals surface area contributed by atoms with Crippen LogP contribution in [0, 0.1) is 0 Å². The number of H-pyrrole nitrogens is 1. The van der Waals surface area contributed by atoms with Crippen molar-refractivity contribution >= 4 is 22.7 Å². The van der Waals surface area contributed by atoms with Crippen molar-refractivity contribution < 1.29 is 28.5 Å². The smallest absolute Gasteiger partial charge is 0.246 e. The summed E-state index contributed by atoms with van der Waals surface area (Å²) in [7, 11) is 6.37. The van der Waals surface area contributed by atoms with Crippen LogP contribution in [0.5, 0.6) is 23.0 Å². The summed E-state index contributed by atoms with van der Waals surface area (Å²) in [6.07, 6.45) is 1.01. The minimum absolute atomic E-state index is 0.000961. The molecule has 9 heteroatoms. The number of aromatic nitrogens is 1. The van der Waals surface area contributed by atoms with Gasteiger partial charge in [0, 0.05) is 35.1 Å². The van der Waals surface area contributed by atoms with E-state index in [2.05, 4.69) is 11.1 Å². The van der Waals surface area contributed by atoms with Crippen LogP contribution in [0.2, 0.25) is 0 Å². The van der Waals surface area contributed by atoms with Crippen LogP contribution < -0.4 is 18.9 Å². The predicted molar refractivity (Wildman–Crippen MR) is 154 cm³/mol. The first-order valence-electron chi connectivity index (χ1n) is 13.6. The second-order valence-electron chi connectivity index (χ2n) is 10.3. The van der Waals surface area contributed by atoms with Gasteiger partial charge in [0.1, 0.15) is 12.1 Å². The fourth-order valence-electron chi connectivity index (χ4n) is 6.26. The fourth-order valence-corrected chi connectivity index (χ4v) is 6.26. The molecule has 1 saturated heterocycles. The molecule has 4 aromatic rings. The van der Waals surface area contributed by atoms with Crippen molar-refractivity contribution in [2.75, 3.05) is 41.5 Å². The SMILES string of the molecule is COc1ccc(CCN2CC(=O)N3[C@@H](c4cccc(OC)c4OC)c4[nH]c5ccccc5c4C[C@H]3C2=O)cc1OC. The standard InChI is InChI=1S/C32H33N3O6/c1-38-25-13-12-19(16-27(25)40-3)14-15-34-18-28(36)35-24(32(34)37)17-22-20-8-5-6-10-23(20)33-29(22)30(35)21-9-7-11-26(39-2)31(21)41-4/h5-13,16,24,30,33H,14-15,17-18H2,1-4H3/t24-,30-/m0/s1. The summed E-state index contributed by atoms with van der Waals surface area (Å²) in [6.45, 7) is 0.416. The number of carbonyl (C=O) groups is 2. The lowest BCUT2D eigenvalue weighted by atomic mass is 9.85. The van der Waals surface area contributed by atoms with Crippen LogP contribution in [0.3, 0.4) is 0 Å². The van der Waals surface area contributed by atoms with Crippen molar-refractivity contribution in [3.63, 3.8) is 0 Å². The molecule has 2 aliphatic rings. The second kappa shape index (κ2) is 10.7. The van der Waals surface area contributed by atoms with Crippen LogP contribution >= 0.6 is 0 Å². The Morgan fingerprint density at radius 1 is 0.854 bits per heavy atom. The van der Waals surface area contributed by atoms with E-state index >= 15 is 0 Å². The number of hydrogen-bond acceptors (Lipinski definition) is 6. The first-order chi connectivity index (χ1) is 20.0. The number of carbonyl (C=O) groups excluding carboxylic acids is 2. The highest BCUT2D eigenvalue weighted by molar-refractivity contribution is 5.97. The zero-order chi connectivity index (χ0) is 28.7. The number of amides is 2. The van der Waals surface area contributed by atoms with Gasteiger partial charge in [-0.1, -0.05) is 36.4 Å². The number of benzene rings is 3. The highest BCUT2D eigenvalue weighted by Crippen LogP contribution is 2.47. The first kappa shape index (κ1) is 26.6. The minimum atomic E-state index is -0.644. The number of nitrogens with zero attached hydrogens (tertiary/aromatic N) is 2. The van der Waals surface area contributed by atoms with E-state index in [1.165, 1.54) is 0 Å². The maximum Gasteiger partial charge on any atom is 0.246 e. The van der Waals surface area contributed by atoms with Gasteiger partial charge in [-0.2, -0.15) is 0 Å². The third kappa shape index (κ3) is 4.41. The number of methoxy groups -OCH3 is 4. The summed E-state index contributed by atoms with van der Waals surface area (Å²) < 4.78 is 22.2. The fraction of sp³-hybridized carbons (Fsp3) is 0.312. The van der Waals surface area contributed by atoms with Crippen LogP contribution in [0.4, 0.5) is 0 Å². The number of ether oxygens (including phenoxy) is 4. The Kier molecular flexibility index (Phi) is 6.95. The molecule has 1 N–H and O–H groups in total. The van der Waals surface area contributed by atoms with Gasteiger partial charge in [-0.15, -0.1) is 0 Å². The van der Waals surface area contributed by atoms with Gasteiger partial charge in [0.2, 0.25) is 11.8 Å². The van der Waals surface area contributed by atoms with Crippen molar-refractivity contribution in [2.24, 2.45) is 0 Å². The maximum absolute atomic E-state index is 14.1. The molecular formula is C32H33N3O6. The van der Waals surface area contributed by atoms with E-state index in [0.717, 1.165) is 33.3 Å². The van der Waals surface area contributed by atoms with Gasteiger partial charge in [-0.3, -0.25) is 9.59 Å². The molecule has 0 aliphatic carbocycles. The summed E-state index contributed by atoms with van der Waals surface area (Å²) in [5.74, 6) is 2.21. The molecule has 0 saturated carbocycles. The van der Waals surface area contributed by atoms with E-state index in [1.807, 2.05) is 54.6 Å². The van der Waals surface area contributed by atoms with Crippen molar-refractivity contribution in [1.82, 2.24) is 14.8 Å². The van der Waals surface area contributed by atoms with Gasteiger partial charge >= 0.3 is 0 Å².